The Morgan fingerprint density at radius 3 is 2.67 bits per heavy atom. The summed E-state index contributed by atoms with van der Waals surface area (Å²) in [7, 11) is 0. The van der Waals surface area contributed by atoms with Crippen LogP contribution in [0.3, 0.4) is 0 Å². The van der Waals surface area contributed by atoms with Crippen LogP contribution in [0, 0.1) is 5.92 Å². The van der Waals surface area contributed by atoms with Crippen molar-refractivity contribution < 1.29 is 9.84 Å². The van der Waals surface area contributed by atoms with Crippen molar-refractivity contribution in [3.63, 3.8) is 0 Å². The Labute approximate surface area is 93.2 Å². The highest BCUT2D eigenvalue weighted by Crippen LogP contribution is 2.16. The van der Waals surface area contributed by atoms with Gasteiger partial charge in [-0.25, -0.2) is 0 Å². The molecule has 1 aliphatic heterocycles. The molecule has 3 nitrogen and oxygen atoms in total. The van der Waals surface area contributed by atoms with Crippen LogP contribution < -0.4 is 5.32 Å². The summed E-state index contributed by atoms with van der Waals surface area (Å²) in [5.74, 6) is 0.730. The zero-order valence-electron chi connectivity index (χ0n) is 10.1. The Bertz CT molecular complexity index is 163. The summed E-state index contributed by atoms with van der Waals surface area (Å²) in [4.78, 5) is 0. The lowest BCUT2D eigenvalue weighted by atomic mass is 9.97. The molecule has 3 heteroatoms. The van der Waals surface area contributed by atoms with E-state index in [0.717, 1.165) is 38.5 Å². The van der Waals surface area contributed by atoms with Crippen molar-refractivity contribution in [3.8, 4) is 0 Å². The summed E-state index contributed by atoms with van der Waals surface area (Å²) in [5, 5.41) is 13.4. The Morgan fingerprint density at radius 1 is 1.40 bits per heavy atom. The summed E-state index contributed by atoms with van der Waals surface area (Å²) in [5.41, 5.74) is -0.508. The molecule has 1 saturated heterocycles. The topological polar surface area (TPSA) is 41.5 Å². The molecule has 0 spiro atoms. The highest BCUT2D eigenvalue weighted by Gasteiger charge is 2.21. The van der Waals surface area contributed by atoms with E-state index in [2.05, 4.69) is 5.32 Å². The minimum atomic E-state index is -0.508. The smallest absolute Gasteiger partial charge is 0.0766 e. The van der Waals surface area contributed by atoms with E-state index in [1.165, 1.54) is 12.8 Å². The molecule has 2 N–H and O–H groups in total. The first-order chi connectivity index (χ1) is 7.20. The molecule has 1 heterocycles. The van der Waals surface area contributed by atoms with Gasteiger partial charge in [-0.2, -0.15) is 0 Å². The van der Waals surface area contributed by atoms with Gasteiger partial charge >= 0.3 is 0 Å². The van der Waals surface area contributed by atoms with Gasteiger partial charge in [-0.1, -0.05) is 13.8 Å². The maximum absolute atomic E-state index is 10.0. The zero-order valence-corrected chi connectivity index (χ0v) is 10.1. The van der Waals surface area contributed by atoms with Gasteiger partial charge in [0.15, 0.2) is 0 Å². The minimum Gasteiger partial charge on any atom is -0.389 e. The molecule has 0 amide bonds. The van der Waals surface area contributed by atoms with E-state index in [-0.39, 0.29) is 0 Å². The summed E-state index contributed by atoms with van der Waals surface area (Å²) in [6, 6.07) is 0. The van der Waals surface area contributed by atoms with Gasteiger partial charge in [0.05, 0.1) is 5.60 Å². The molecule has 90 valence electrons. The molecule has 0 radical (unpaired) electrons. The molecule has 1 unspecified atom stereocenters. The molecule has 1 atom stereocenters. The molecule has 0 saturated carbocycles. The maximum atomic E-state index is 10.0. The van der Waals surface area contributed by atoms with Crippen molar-refractivity contribution in [2.45, 2.75) is 45.1 Å². The second-order valence-electron chi connectivity index (χ2n) is 4.63. The minimum absolute atomic E-state index is 0.508. The number of aliphatic hydroxyl groups is 1. The van der Waals surface area contributed by atoms with Crippen LogP contribution in [0.4, 0.5) is 0 Å². The Kier molecular flexibility index (Phi) is 5.58. The van der Waals surface area contributed by atoms with Crippen molar-refractivity contribution in [1.82, 2.24) is 5.32 Å². The van der Waals surface area contributed by atoms with Crippen molar-refractivity contribution in [2.24, 2.45) is 5.92 Å². The van der Waals surface area contributed by atoms with Crippen molar-refractivity contribution in [2.75, 3.05) is 26.3 Å². The van der Waals surface area contributed by atoms with E-state index in [4.69, 9.17) is 4.74 Å². The quantitative estimate of drug-likeness (QED) is 0.633. The first-order valence-corrected chi connectivity index (χ1v) is 6.21. The second-order valence-corrected chi connectivity index (χ2v) is 4.63. The number of hydrogen-bond acceptors (Lipinski definition) is 3. The van der Waals surface area contributed by atoms with E-state index in [1.54, 1.807) is 0 Å². The highest BCUT2D eigenvalue weighted by atomic mass is 16.5. The van der Waals surface area contributed by atoms with Gasteiger partial charge in [0.25, 0.3) is 0 Å². The Hall–Kier alpha value is -0.120. The van der Waals surface area contributed by atoms with E-state index in [9.17, 15) is 5.11 Å². The second kappa shape index (κ2) is 6.46. The fraction of sp³-hybridized carbons (Fsp3) is 1.00. The molecule has 0 aromatic carbocycles. The largest absolute Gasteiger partial charge is 0.389 e. The first-order valence-electron chi connectivity index (χ1n) is 6.21. The third-order valence-electron chi connectivity index (χ3n) is 3.52. The van der Waals surface area contributed by atoms with Crippen LogP contribution in [-0.4, -0.2) is 37.0 Å². The van der Waals surface area contributed by atoms with Crippen molar-refractivity contribution >= 4 is 0 Å². The van der Waals surface area contributed by atoms with Crippen LogP contribution in [0.1, 0.15) is 39.5 Å². The Balaban J connectivity index is 2.04. The molecule has 0 aromatic rings. The average molecular weight is 215 g/mol. The molecule has 0 aromatic heterocycles. The monoisotopic (exact) mass is 215 g/mol. The predicted octanol–water partition coefficient (Wildman–Crippen LogP) is 1.55. The van der Waals surface area contributed by atoms with Crippen LogP contribution in [0.5, 0.6) is 0 Å². The van der Waals surface area contributed by atoms with Gasteiger partial charge in [0.2, 0.25) is 0 Å². The molecule has 15 heavy (non-hydrogen) atoms. The molecule has 1 fully saturated rings. The van der Waals surface area contributed by atoms with Crippen molar-refractivity contribution in [3.05, 3.63) is 0 Å². The standard InChI is InChI=1S/C12H25NO2/c1-3-12(14,4-2)10-13-7-5-11-6-8-15-9-11/h11,13-14H,3-10H2,1-2H3. The fourth-order valence-corrected chi connectivity index (χ4v) is 1.94. The molecule has 0 aliphatic carbocycles. The number of hydrogen-bond donors (Lipinski definition) is 2. The molecular formula is C12H25NO2. The number of rotatable bonds is 7. The van der Waals surface area contributed by atoms with E-state index in [0.29, 0.717) is 6.54 Å². The number of ether oxygens (including phenoxy) is 1. The van der Waals surface area contributed by atoms with Crippen LogP contribution >= 0.6 is 0 Å². The third-order valence-corrected chi connectivity index (χ3v) is 3.52. The summed E-state index contributed by atoms with van der Waals surface area (Å²) < 4.78 is 5.32. The first kappa shape index (κ1) is 12.9. The van der Waals surface area contributed by atoms with Gasteiger partial charge in [0, 0.05) is 19.8 Å². The Morgan fingerprint density at radius 2 is 2.13 bits per heavy atom. The van der Waals surface area contributed by atoms with Crippen LogP contribution in [-0.2, 0) is 4.74 Å². The van der Waals surface area contributed by atoms with E-state index >= 15 is 0 Å². The van der Waals surface area contributed by atoms with Gasteiger partial charge in [-0.05, 0) is 38.1 Å². The lowest BCUT2D eigenvalue weighted by Crippen LogP contribution is -2.40. The maximum Gasteiger partial charge on any atom is 0.0766 e. The lowest BCUT2D eigenvalue weighted by molar-refractivity contribution is 0.0324. The van der Waals surface area contributed by atoms with Gasteiger partial charge in [-0.3, -0.25) is 0 Å². The molecule has 1 rings (SSSR count). The molecule has 0 bridgehead atoms. The van der Waals surface area contributed by atoms with Crippen LogP contribution in [0.2, 0.25) is 0 Å². The van der Waals surface area contributed by atoms with Crippen LogP contribution in [0.25, 0.3) is 0 Å². The average Bonchev–Trinajstić information content (AvgIpc) is 2.77. The van der Waals surface area contributed by atoms with Gasteiger partial charge < -0.3 is 15.2 Å². The predicted molar refractivity (Wildman–Crippen MR) is 61.9 cm³/mol. The van der Waals surface area contributed by atoms with Gasteiger partial charge in [-0.15, -0.1) is 0 Å². The van der Waals surface area contributed by atoms with Crippen LogP contribution in [0.15, 0.2) is 0 Å². The van der Waals surface area contributed by atoms with Gasteiger partial charge in [0.1, 0.15) is 0 Å². The highest BCUT2D eigenvalue weighted by molar-refractivity contribution is 4.77. The summed E-state index contributed by atoms with van der Waals surface area (Å²) in [6.45, 7) is 7.64. The van der Waals surface area contributed by atoms with E-state index in [1.807, 2.05) is 13.8 Å². The fourth-order valence-electron chi connectivity index (χ4n) is 1.94. The molecule has 1 aliphatic rings. The lowest BCUT2D eigenvalue weighted by Gasteiger charge is -2.25. The van der Waals surface area contributed by atoms with Crippen molar-refractivity contribution in [1.29, 1.82) is 0 Å². The SMILES string of the molecule is CCC(O)(CC)CNCCC1CCOC1. The zero-order chi connectivity index (χ0) is 11.1. The third kappa shape index (κ3) is 4.49. The summed E-state index contributed by atoms with van der Waals surface area (Å²) >= 11 is 0. The van der Waals surface area contributed by atoms with E-state index < -0.39 is 5.60 Å². The number of nitrogens with one attached hydrogen (secondary N) is 1. The molecular weight excluding hydrogens is 190 g/mol. The summed E-state index contributed by atoms with van der Waals surface area (Å²) in [6.07, 6.45) is 4.02. The normalized spacial score (nSPS) is 22.2.